The van der Waals surface area contributed by atoms with E-state index in [1.165, 1.54) is 28.9 Å². The molecule has 0 bridgehead atoms. The molecular weight excluding hydrogens is 476 g/mol. The number of benzene rings is 1. The van der Waals surface area contributed by atoms with Gasteiger partial charge in [-0.2, -0.15) is 0 Å². The van der Waals surface area contributed by atoms with Gasteiger partial charge in [0.05, 0.1) is 6.54 Å². The highest BCUT2D eigenvalue weighted by Gasteiger charge is 2.23. The lowest BCUT2D eigenvalue weighted by Crippen LogP contribution is -2.38. The zero-order valence-corrected chi connectivity index (χ0v) is 19.7. The lowest BCUT2D eigenvalue weighted by molar-refractivity contribution is -0.677. The number of aromatic amines is 1. The summed E-state index contributed by atoms with van der Waals surface area (Å²) in [6.45, 7) is 2.55. The van der Waals surface area contributed by atoms with E-state index in [1.807, 2.05) is 4.90 Å². The van der Waals surface area contributed by atoms with Crippen LogP contribution in [-0.2, 0) is 24.2 Å². The van der Waals surface area contributed by atoms with Gasteiger partial charge in [0.15, 0.2) is 5.52 Å². The van der Waals surface area contributed by atoms with Crippen LogP contribution in [0.1, 0.15) is 36.8 Å². The number of carbonyl (C=O) groups is 1. The zero-order chi connectivity index (χ0) is 21.4. The number of piperidine rings is 1. The van der Waals surface area contributed by atoms with Crippen LogP contribution in [0, 0.1) is 5.92 Å². The van der Waals surface area contributed by atoms with E-state index in [0.29, 0.717) is 11.7 Å². The van der Waals surface area contributed by atoms with Gasteiger partial charge in [-0.25, -0.2) is 4.57 Å². The quantitative estimate of drug-likeness (QED) is 0.398. The number of likely N-dealkylation sites (tertiary alicyclic amines) is 1. The molecule has 3 heterocycles. The average Bonchev–Trinajstić information content (AvgIpc) is 3.41. The Labute approximate surface area is 194 Å². The van der Waals surface area contributed by atoms with Gasteiger partial charge in [-0.1, -0.05) is 9.97 Å². The molecular formula is C22H26BrN6OS+. The molecule has 31 heavy (non-hydrogen) atoms. The summed E-state index contributed by atoms with van der Waals surface area (Å²) in [5.41, 5.74) is 10.7. The van der Waals surface area contributed by atoms with Crippen molar-refractivity contribution in [2.75, 3.05) is 18.8 Å². The van der Waals surface area contributed by atoms with Gasteiger partial charge in [0.25, 0.3) is 5.65 Å². The fourth-order valence-corrected chi connectivity index (χ4v) is 6.10. The molecule has 1 amide bonds. The van der Waals surface area contributed by atoms with Crippen molar-refractivity contribution in [1.29, 1.82) is 0 Å². The minimum absolute atomic E-state index is 0.470. The highest BCUT2D eigenvalue weighted by Crippen LogP contribution is 2.37. The molecule has 1 aromatic carbocycles. The van der Waals surface area contributed by atoms with E-state index in [1.54, 1.807) is 18.1 Å². The van der Waals surface area contributed by atoms with Crippen LogP contribution in [0.25, 0.3) is 11.2 Å². The van der Waals surface area contributed by atoms with Gasteiger partial charge in [0, 0.05) is 22.5 Å². The number of H-pyrrole nitrogens is 1. The molecule has 5 rings (SSSR count). The molecule has 162 valence electrons. The van der Waals surface area contributed by atoms with Gasteiger partial charge in [-0.3, -0.25) is 4.79 Å². The number of aryl methyl sites for hydroxylation is 3. The first kappa shape index (κ1) is 20.8. The number of fused-ring (bicyclic) bond motifs is 2. The Balaban J connectivity index is 1.35. The number of nitrogens with zero attached hydrogens (tertiary/aromatic N) is 4. The maximum atomic E-state index is 10.9. The summed E-state index contributed by atoms with van der Waals surface area (Å²) in [7, 11) is 0. The monoisotopic (exact) mass is 501 g/mol. The van der Waals surface area contributed by atoms with Gasteiger partial charge in [-0.05, 0) is 95.4 Å². The molecule has 2 aliphatic rings. The summed E-state index contributed by atoms with van der Waals surface area (Å²) in [6, 6.07) is 4.53. The molecule has 7 nitrogen and oxygen atoms in total. The fraction of sp³-hybridized carbons (Fsp3) is 0.455. The Morgan fingerprint density at radius 1 is 1.29 bits per heavy atom. The predicted octanol–water partition coefficient (Wildman–Crippen LogP) is 3.49. The highest BCUT2D eigenvalue weighted by atomic mass is 79.9. The van der Waals surface area contributed by atoms with Crippen LogP contribution in [-0.4, -0.2) is 39.4 Å². The summed E-state index contributed by atoms with van der Waals surface area (Å²) >= 11 is 5.35. The highest BCUT2D eigenvalue weighted by molar-refractivity contribution is 9.10. The number of hydrogen-bond donors (Lipinski definition) is 2. The second-order valence-electron chi connectivity index (χ2n) is 8.44. The molecule has 3 N–H and O–H groups in total. The van der Waals surface area contributed by atoms with Crippen molar-refractivity contribution >= 4 is 51.1 Å². The van der Waals surface area contributed by atoms with Crippen molar-refractivity contribution < 1.29 is 9.36 Å². The first-order chi connectivity index (χ1) is 15.1. The Kier molecular flexibility index (Phi) is 5.88. The number of anilines is 1. The van der Waals surface area contributed by atoms with Gasteiger partial charge in [0.2, 0.25) is 23.7 Å². The summed E-state index contributed by atoms with van der Waals surface area (Å²) in [4.78, 5) is 26.6. The summed E-state index contributed by atoms with van der Waals surface area (Å²) in [5, 5.41) is 0.821. The third kappa shape index (κ3) is 4.30. The maximum Gasteiger partial charge on any atom is 0.294 e. The van der Waals surface area contributed by atoms with E-state index < -0.39 is 0 Å². The van der Waals surface area contributed by atoms with Crippen LogP contribution in [0.5, 0.6) is 0 Å². The molecule has 0 unspecified atom stereocenters. The van der Waals surface area contributed by atoms with Crippen molar-refractivity contribution in [2.24, 2.45) is 5.92 Å². The predicted molar refractivity (Wildman–Crippen MR) is 124 cm³/mol. The number of nitrogens with one attached hydrogen (secondary N) is 1. The molecule has 1 fully saturated rings. The van der Waals surface area contributed by atoms with E-state index in [9.17, 15) is 4.79 Å². The van der Waals surface area contributed by atoms with Crippen molar-refractivity contribution in [1.82, 2.24) is 19.9 Å². The minimum Gasteiger partial charge on any atom is -0.368 e. The number of amides is 1. The number of nitrogen functional groups attached to an aromatic ring is 1. The number of halogens is 1. The van der Waals surface area contributed by atoms with Gasteiger partial charge in [0.1, 0.15) is 0 Å². The van der Waals surface area contributed by atoms with Crippen LogP contribution in [0.3, 0.4) is 0 Å². The second kappa shape index (κ2) is 8.78. The SMILES string of the molecule is Nc1nc[n+](CCC2CCN(C=O)CC2)c2nc(Sc3cc4c(cc3Br)CCC4)[nH]c12. The molecule has 1 aliphatic heterocycles. The molecule has 0 spiro atoms. The summed E-state index contributed by atoms with van der Waals surface area (Å²) in [5.74, 6) is 1.09. The van der Waals surface area contributed by atoms with E-state index >= 15 is 0 Å². The number of hydrogen-bond acceptors (Lipinski definition) is 5. The van der Waals surface area contributed by atoms with Crippen LogP contribution in [0.2, 0.25) is 0 Å². The van der Waals surface area contributed by atoms with E-state index in [2.05, 4.69) is 42.6 Å². The van der Waals surface area contributed by atoms with Gasteiger partial charge in [-0.15, -0.1) is 0 Å². The Morgan fingerprint density at radius 2 is 2.06 bits per heavy atom. The fourth-order valence-electron chi connectivity index (χ4n) is 4.61. The van der Waals surface area contributed by atoms with Crippen molar-refractivity contribution in [3.05, 3.63) is 34.1 Å². The van der Waals surface area contributed by atoms with Crippen LogP contribution in [0.15, 0.2) is 33.0 Å². The normalized spacial score (nSPS) is 16.7. The number of imidazole rings is 1. The Morgan fingerprint density at radius 3 is 2.84 bits per heavy atom. The number of nitrogens with two attached hydrogens (primary N) is 1. The standard InChI is InChI=1S/C22H25BrN6OS/c23-17-10-15-2-1-3-16(15)11-18(17)31-22-26-19-20(24)25-12-29(21(19)27-22)9-6-14-4-7-28(13-30)8-5-14/h10-14H,1-9H2,(H2,24,26,27)/p+1. The Hall–Kier alpha value is -2.13. The van der Waals surface area contributed by atoms with Crippen molar-refractivity contribution in [3.8, 4) is 0 Å². The lowest BCUT2D eigenvalue weighted by atomic mass is 9.94. The van der Waals surface area contributed by atoms with Crippen LogP contribution >= 0.6 is 27.7 Å². The van der Waals surface area contributed by atoms with E-state index in [0.717, 1.165) is 72.5 Å². The molecule has 3 aromatic rings. The third-order valence-corrected chi connectivity index (χ3v) is 8.32. The molecule has 0 saturated carbocycles. The first-order valence-corrected chi connectivity index (χ1v) is 12.4. The van der Waals surface area contributed by atoms with E-state index in [4.69, 9.17) is 10.7 Å². The largest absolute Gasteiger partial charge is 0.368 e. The van der Waals surface area contributed by atoms with Crippen molar-refractivity contribution in [3.63, 3.8) is 0 Å². The van der Waals surface area contributed by atoms with Gasteiger partial charge < -0.3 is 15.6 Å². The lowest BCUT2D eigenvalue weighted by Gasteiger charge is -2.28. The van der Waals surface area contributed by atoms with Crippen molar-refractivity contribution in [2.45, 2.75) is 55.1 Å². The summed E-state index contributed by atoms with van der Waals surface area (Å²) in [6.07, 6.45) is 9.46. The topological polar surface area (TPSA) is 91.8 Å². The Bertz CT molecular complexity index is 1120. The van der Waals surface area contributed by atoms with Gasteiger partial charge >= 0.3 is 0 Å². The van der Waals surface area contributed by atoms with Crippen LogP contribution in [0.4, 0.5) is 5.82 Å². The second-order valence-corrected chi connectivity index (χ2v) is 10.3. The molecule has 1 saturated heterocycles. The summed E-state index contributed by atoms with van der Waals surface area (Å²) < 4.78 is 3.20. The molecule has 9 heteroatoms. The molecule has 2 aromatic heterocycles. The zero-order valence-electron chi connectivity index (χ0n) is 17.3. The number of rotatable bonds is 6. The number of aromatic nitrogens is 4. The third-order valence-electron chi connectivity index (χ3n) is 6.46. The smallest absolute Gasteiger partial charge is 0.294 e. The average molecular weight is 502 g/mol. The minimum atomic E-state index is 0.470. The van der Waals surface area contributed by atoms with E-state index in [-0.39, 0.29) is 0 Å². The molecule has 0 radical (unpaired) electrons. The molecule has 1 aliphatic carbocycles. The number of carbonyl (C=O) groups excluding carboxylic acids is 1. The maximum absolute atomic E-state index is 10.9. The molecule has 0 atom stereocenters. The van der Waals surface area contributed by atoms with Crippen LogP contribution < -0.4 is 10.3 Å². The first-order valence-electron chi connectivity index (χ1n) is 10.8.